The van der Waals surface area contributed by atoms with Crippen LogP contribution in [0.4, 0.5) is 5.82 Å². The number of carbonyl (C=O) groups is 1. The van der Waals surface area contributed by atoms with Crippen LogP contribution in [0.5, 0.6) is 0 Å². The molecule has 1 fully saturated rings. The zero-order chi connectivity index (χ0) is 10.7. The van der Waals surface area contributed by atoms with E-state index < -0.39 is 0 Å². The molecular formula is C10H16N4O. The van der Waals surface area contributed by atoms with Crippen LogP contribution in [-0.2, 0) is 4.79 Å². The number of aromatic nitrogens is 2. The molecule has 1 atom stereocenters. The Kier molecular flexibility index (Phi) is 3.01. The summed E-state index contributed by atoms with van der Waals surface area (Å²) in [7, 11) is 0. The molecule has 2 rings (SSSR count). The molecule has 0 bridgehead atoms. The average Bonchev–Trinajstić information content (AvgIpc) is 2.66. The molecular weight excluding hydrogens is 192 g/mol. The molecule has 0 unspecified atom stereocenters. The molecule has 5 nitrogen and oxygen atoms in total. The summed E-state index contributed by atoms with van der Waals surface area (Å²) in [6.07, 6.45) is 4.89. The van der Waals surface area contributed by atoms with Crippen LogP contribution in [-0.4, -0.2) is 28.7 Å². The van der Waals surface area contributed by atoms with Crippen LogP contribution in [0.15, 0.2) is 6.20 Å². The van der Waals surface area contributed by atoms with Gasteiger partial charge in [0.1, 0.15) is 5.82 Å². The summed E-state index contributed by atoms with van der Waals surface area (Å²) >= 11 is 0. The topological polar surface area (TPSA) is 69.8 Å². The number of rotatable bonds is 2. The van der Waals surface area contributed by atoms with E-state index in [1.165, 1.54) is 0 Å². The van der Waals surface area contributed by atoms with Gasteiger partial charge in [-0.2, -0.15) is 5.10 Å². The van der Waals surface area contributed by atoms with Crippen molar-refractivity contribution in [2.45, 2.75) is 32.2 Å². The van der Waals surface area contributed by atoms with Crippen LogP contribution in [0.2, 0.25) is 0 Å². The van der Waals surface area contributed by atoms with Gasteiger partial charge >= 0.3 is 0 Å². The minimum Gasteiger partial charge on any atom is -0.309 e. The zero-order valence-electron chi connectivity index (χ0n) is 8.84. The number of amides is 1. The van der Waals surface area contributed by atoms with E-state index in [1.807, 2.05) is 6.92 Å². The van der Waals surface area contributed by atoms with Gasteiger partial charge in [0, 0.05) is 5.56 Å². The fourth-order valence-corrected chi connectivity index (χ4v) is 1.76. The molecule has 15 heavy (non-hydrogen) atoms. The predicted octanol–water partition coefficient (Wildman–Crippen LogP) is 0.799. The first-order valence-corrected chi connectivity index (χ1v) is 5.31. The standard InChI is InChI=1S/C10H16N4O/c1-7-6-12-14-9(7)13-10(15)8-4-2-3-5-11-8/h6,8,11H,2-5H2,1H3,(H2,12,13,14,15)/t8-/m0/s1. The molecule has 0 radical (unpaired) electrons. The van der Waals surface area contributed by atoms with Crippen LogP contribution in [0.3, 0.4) is 0 Å². The highest BCUT2D eigenvalue weighted by atomic mass is 16.2. The van der Waals surface area contributed by atoms with Crippen LogP contribution in [0.1, 0.15) is 24.8 Å². The number of nitrogens with one attached hydrogen (secondary N) is 3. The maximum Gasteiger partial charge on any atom is 0.242 e. The van der Waals surface area contributed by atoms with Gasteiger partial charge in [-0.25, -0.2) is 0 Å². The molecule has 1 aliphatic rings. The van der Waals surface area contributed by atoms with Crippen molar-refractivity contribution >= 4 is 11.7 Å². The molecule has 3 N–H and O–H groups in total. The molecule has 0 aliphatic carbocycles. The lowest BCUT2D eigenvalue weighted by Crippen LogP contribution is -2.43. The lowest BCUT2D eigenvalue weighted by molar-refractivity contribution is -0.118. The number of aromatic amines is 1. The number of hydrogen-bond acceptors (Lipinski definition) is 3. The van der Waals surface area contributed by atoms with Crippen LogP contribution >= 0.6 is 0 Å². The van der Waals surface area contributed by atoms with Crippen molar-refractivity contribution in [2.75, 3.05) is 11.9 Å². The fraction of sp³-hybridized carbons (Fsp3) is 0.600. The molecule has 0 spiro atoms. The molecule has 1 amide bonds. The van der Waals surface area contributed by atoms with Gasteiger partial charge in [-0.1, -0.05) is 6.42 Å². The fourth-order valence-electron chi connectivity index (χ4n) is 1.76. The van der Waals surface area contributed by atoms with E-state index in [0.29, 0.717) is 5.82 Å². The summed E-state index contributed by atoms with van der Waals surface area (Å²) in [5, 5.41) is 12.7. The first-order valence-electron chi connectivity index (χ1n) is 5.31. The van der Waals surface area contributed by atoms with E-state index >= 15 is 0 Å². The highest BCUT2D eigenvalue weighted by molar-refractivity contribution is 5.94. The third kappa shape index (κ3) is 2.36. The van der Waals surface area contributed by atoms with Crippen molar-refractivity contribution in [1.29, 1.82) is 0 Å². The number of piperidine rings is 1. The van der Waals surface area contributed by atoms with Crippen molar-refractivity contribution in [3.63, 3.8) is 0 Å². The van der Waals surface area contributed by atoms with Crippen LogP contribution in [0, 0.1) is 6.92 Å². The number of aryl methyl sites for hydroxylation is 1. The molecule has 0 saturated carbocycles. The van der Waals surface area contributed by atoms with Gasteiger partial charge < -0.3 is 10.6 Å². The lowest BCUT2D eigenvalue weighted by atomic mass is 10.0. The normalized spacial score (nSPS) is 21.3. The highest BCUT2D eigenvalue weighted by Crippen LogP contribution is 2.12. The van der Waals surface area contributed by atoms with Gasteiger partial charge in [0.05, 0.1) is 12.2 Å². The van der Waals surface area contributed by atoms with Crippen molar-refractivity contribution < 1.29 is 4.79 Å². The Labute approximate surface area is 88.6 Å². The van der Waals surface area contributed by atoms with Crippen molar-refractivity contribution in [3.05, 3.63) is 11.8 Å². The van der Waals surface area contributed by atoms with Gasteiger partial charge in [0.25, 0.3) is 0 Å². The Morgan fingerprint density at radius 1 is 1.60 bits per heavy atom. The molecule has 1 aromatic heterocycles. The van der Waals surface area contributed by atoms with Gasteiger partial charge in [-0.3, -0.25) is 9.89 Å². The SMILES string of the molecule is Cc1cn[nH]c1NC(=O)[C@@H]1CCCCN1. The Balaban J connectivity index is 1.94. The molecule has 1 aliphatic heterocycles. The molecule has 2 heterocycles. The summed E-state index contributed by atoms with van der Waals surface area (Å²) in [5.41, 5.74) is 0.958. The van der Waals surface area contributed by atoms with Gasteiger partial charge in [0.15, 0.2) is 0 Å². The summed E-state index contributed by atoms with van der Waals surface area (Å²) in [5.74, 6) is 0.731. The van der Waals surface area contributed by atoms with E-state index in [9.17, 15) is 4.79 Å². The van der Waals surface area contributed by atoms with Crippen LogP contribution < -0.4 is 10.6 Å². The van der Waals surface area contributed by atoms with Gasteiger partial charge in [0.2, 0.25) is 5.91 Å². The molecule has 1 aromatic rings. The molecule has 82 valence electrons. The van der Waals surface area contributed by atoms with Gasteiger partial charge in [-0.05, 0) is 26.3 Å². The minimum absolute atomic E-state index is 0.0297. The maximum absolute atomic E-state index is 11.8. The number of hydrogen-bond donors (Lipinski definition) is 3. The maximum atomic E-state index is 11.8. The summed E-state index contributed by atoms with van der Waals surface area (Å²) < 4.78 is 0. The highest BCUT2D eigenvalue weighted by Gasteiger charge is 2.21. The van der Waals surface area contributed by atoms with E-state index in [0.717, 1.165) is 31.4 Å². The lowest BCUT2D eigenvalue weighted by Gasteiger charge is -2.22. The second kappa shape index (κ2) is 4.44. The first kappa shape index (κ1) is 10.2. The van der Waals surface area contributed by atoms with E-state index in [2.05, 4.69) is 20.8 Å². The monoisotopic (exact) mass is 208 g/mol. The Bertz CT molecular complexity index is 341. The summed E-state index contributed by atoms with van der Waals surface area (Å²) in [4.78, 5) is 11.8. The minimum atomic E-state index is -0.0542. The zero-order valence-corrected chi connectivity index (χ0v) is 8.84. The number of nitrogens with zero attached hydrogens (tertiary/aromatic N) is 1. The third-order valence-corrected chi connectivity index (χ3v) is 2.70. The molecule has 0 aromatic carbocycles. The van der Waals surface area contributed by atoms with Crippen molar-refractivity contribution in [3.8, 4) is 0 Å². The summed E-state index contributed by atoms with van der Waals surface area (Å²) in [6, 6.07) is -0.0542. The number of H-pyrrole nitrogens is 1. The third-order valence-electron chi connectivity index (χ3n) is 2.70. The largest absolute Gasteiger partial charge is 0.309 e. The van der Waals surface area contributed by atoms with E-state index in [4.69, 9.17) is 0 Å². The van der Waals surface area contributed by atoms with Crippen molar-refractivity contribution in [1.82, 2.24) is 15.5 Å². The first-order chi connectivity index (χ1) is 7.27. The Morgan fingerprint density at radius 3 is 3.07 bits per heavy atom. The number of anilines is 1. The second-order valence-electron chi connectivity index (χ2n) is 3.92. The van der Waals surface area contributed by atoms with E-state index in [1.54, 1.807) is 6.20 Å². The Morgan fingerprint density at radius 2 is 2.47 bits per heavy atom. The van der Waals surface area contributed by atoms with Crippen molar-refractivity contribution in [2.24, 2.45) is 0 Å². The van der Waals surface area contributed by atoms with Gasteiger partial charge in [-0.15, -0.1) is 0 Å². The predicted molar refractivity (Wildman–Crippen MR) is 57.6 cm³/mol. The second-order valence-corrected chi connectivity index (χ2v) is 3.92. The van der Waals surface area contributed by atoms with E-state index in [-0.39, 0.29) is 11.9 Å². The molecule has 5 heteroatoms. The average molecular weight is 208 g/mol. The summed E-state index contributed by atoms with van der Waals surface area (Å²) in [6.45, 7) is 2.84. The molecule has 1 saturated heterocycles. The van der Waals surface area contributed by atoms with Crippen LogP contribution in [0.25, 0.3) is 0 Å². The smallest absolute Gasteiger partial charge is 0.242 e. The number of carbonyl (C=O) groups excluding carboxylic acids is 1. The quantitative estimate of drug-likeness (QED) is 0.673. The Hall–Kier alpha value is -1.36.